The fourth-order valence-electron chi connectivity index (χ4n) is 8.01. The summed E-state index contributed by atoms with van der Waals surface area (Å²) >= 11 is 0. The molecule has 0 radical (unpaired) electrons. The maximum absolute atomic E-state index is 6.56. The third kappa shape index (κ3) is 3.72. The second kappa shape index (κ2) is 10.0. The number of hydroxylamine groups is 3. The summed E-state index contributed by atoms with van der Waals surface area (Å²) in [5, 5.41) is 8.78. The second-order valence-corrected chi connectivity index (χ2v) is 11.9. The van der Waals surface area contributed by atoms with Gasteiger partial charge in [0, 0.05) is 39.1 Å². The lowest BCUT2D eigenvalue weighted by Crippen LogP contribution is -2.57. The molecule has 41 heavy (non-hydrogen) atoms. The smallest absolute Gasteiger partial charge is 0.158 e. The summed E-state index contributed by atoms with van der Waals surface area (Å²) in [4.78, 5) is 6.56. The highest BCUT2D eigenvalue weighted by atomic mass is 16.7. The molecular weight excluding hydrogens is 504 g/mol. The Kier molecular flexibility index (Phi) is 6.42. The maximum atomic E-state index is 6.56. The molecule has 3 atom stereocenters. The number of allylic oxidation sites excluding steroid dienone is 3. The van der Waals surface area contributed by atoms with Crippen LogP contribution in [0.3, 0.4) is 0 Å². The van der Waals surface area contributed by atoms with Gasteiger partial charge in [-0.05, 0) is 55.1 Å². The Labute approximate surface area is 242 Å². The molecule has 1 aliphatic carbocycles. The zero-order valence-electron chi connectivity index (χ0n) is 24.8. The fraction of sp³-hybridized carbons (Fsp3) is 0.333. The summed E-state index contributed by atoms with van der Waals surface area (Å²) < 4.78 is 5.84. The molecule has 210 valence electrons. The van der Waals surface area contributed by atoms with Crippen LogP contribution in [0.15, 0.2) is 78.9 Å². The van der Waals surface area contributed by atoms with E-state index in [0.717, 1.165) is 38.9 Å². The van der Waals surface area contributed by atoms with Crippen LogP contribution in [-0.2, 0) is 17.9 Å². The van der Waals surface area contributed by atoms with Gasteiger partial charge in [-0.3, -0.25) is 0 Å². The van der Waals surface area contributed by atoms with E-state index in [9.17, 15) is 0 Å². The van der Waals surface area contributed by atoms with Crippen molar-refractivity contribution in [2.75, 3.05) is 27.7 Å². The van der Waals surface area contributed by atoms with Gasteiger partial charge in [0.1, 0.15) is 6.54 Å². The molecule has 0 spiro atoms. The molecular formula is C36H41N4O+. The molecule has 3 unspecified atom stereocenters. The van der Waals surface area contributed by atoms with Crippen LogP contribution in [-0.4, -0.2) is 47.6 Å². The fourth-order valence-corrected chi connectivity index (χ4v) is 8.01. The monoisotopic (exact) mass is 545 g/mol. The van der Waals surface area contributed by atoms with Crippen molar-refractivity contribution in [1.82, 2.24) is 14.5 Å². The first kappa shape index (κ1) is 26.3. The van der Waals surface area contributed by atoms with E-state index in [1.54, 1.807) is 0 Å². The molecule has 0 bridgehead atoms. The Hall–Kier alpha value is -3.64. The van der Waals surface area contributed by atoms with Crippen molar-refractivity contribution in [3.8, 4) is 0 Å². The minimum atomic E-state index is 0.196. The van der Waals surface area contributed by atoms with E-state index in [-0.39, 0.29) is 12.1 Å². The van der Waals surface area contributed by atoms with E-state index in [1.165, 1.54) is 60.3 Å². The van der Waals surface area contributed by atoms with Crippen molar-refractivity contribution in [2.24, 2.45) is 0 Å². The van der Waals surface area contributed by atoms with E-state index in [0.29, 0.717) is 4.65 Å². The van der Waals surface area contributed by atoms with Crippen molar-refractivity contribution in [3.05, 3.63) is 90.0 Å². The van der Waals surface area contributed by atoms with Crippen LogP contribution in [0.1, 0.15) is 43.4 Å². The second-order valence-electron chi connectivity index (χ2n) is 11.9. The van der Waals surface area contributed by atoms with E-state index >= 15 is 0 Å². The summed E-state index contributed by atoms with van der Waals surface area (Å²) in [6, 6.07) is 18.4. The average Bonchev–Trinajstić information content (AvgIpc) is 3.46. The van der Waals surface area contributed by atoms with Gasteiger partial charge in [-0.15, -0.1) is 0 Å². The Bertz CT molecular complexity index is 1890. The number of para-hydroxylation sites is 2. The SMILES string of the molecule is C=Cc1c(CNC)c2c3ccccc3n3c2c2c1c1ccccc1n2CC([N+](C)(CC1=CC=CCC1)OC)C3CC. The van der Waals surface area contributed by atoms with Gasteiger partial charge < -0.3 is 14.5 Å². The molecule has 0 saturated heterocycles. The summed E-state index contributed by atoms with van der Waals surface area (Å²) in [7, 11) is 6.25. The number of quaternary nitrogens is 1. The Morgan fingerprint density at radius 1 is 1.05 bits per heavy atom. The molecule has 1 aliphatic heterocycles. The quantitative estimate of drug-likeness (QED) is 0.159. The molecule has 2 aromatic heterocycles. The van der Waals surface area contributed by atoms with Gasteiger partial charge in [0.15, 0.2) is 6.04 Å². The molecule has 5 nitrogen and oxygen atoms in total. The summed E-state index contributed by atoms with van der Waals surface area (Å²) in [6.45, 7) is 9.26. The highest BCUT2D eigenvalue weighted by Crippen LogP contribution is 2.48. The lowest BCUT2D eigenvalue weighted by atomic mass is 9.95. The Morgan fingerprint density at radius 2 is 1.78 bits per heavy atom. The van der Waals surface area contributed by atoms with Crippen LogP contribution in [0, 0.1) is 0 Å². The van der Waals surface area contributed by atoms with Gasteiger partial charge in [-0.2, -0.15) is 4.65 Å². The highest BCUT2D eigenvalue weighted by molar-refractivity contribution is 6.26. The first-order chi connectivity index (χ1) is 20.1. The first-order valence-electron chi connectivity index (χ1n) is 15.1. The van der Waals surface area contributed by atoms with Gasteiger partial charge in [-0.25, -0.2) is 4.84 Å². The molecule has 5 heteroatoms. The van der Waals surface area contributed by atoms with Crippen LogP contribution in [0.5, 0.6) is 0 Å². The minimum Gasteiger partial charge on any atom is -0.332 e. The van der Waals surface area contributed by atoms with Crippen molar-refractivity contribution < 1.29 is 9.48 Å². The molecule has 0 fully saturated rings. The van der Waals surface area contributed by atoms with Gasteiger partial charge in [0.05, 0.1) is 37.8 Å². The van der Waals surface area contributed by atoms with E-state index in [1.807, 2.05) is 14.2 Å². The number of rotatable bonds is 8. The standard InChI is InChI=1S/C36H41N4O/c1-6-25-28(21-37-3)34-27-18-12-14-20-31(27)39-29(7-2)32(40(4,41-5)23-24-15-9-8-10-16-24)22-38-30-19-13-11-17-26(30)33(25)35(38)36(34)39/h6,8-9,11-15,17-20,29,32,37H,1,7,10,16,21-23H2,2-5H3/q+1. The lowest BCUT2D eigenvalue weighted by Gasteiger charge is -2.42. The summed E-state index contributed by atoms with van der Waals surface area (Å²) in [5.74, 6) is 0. The Morgan fingerprint density at radius 3 is 2.44 bits per heavy atom. The minimum absolute atomic E-state index is 0.196. The number of nitrogens with zero attached hydrogens (tertiary/aromatic N) is 3. The molecule has 3 heterocycles. The largest absolute Gasteiger partial charge is 0.332 e. The van der Waals surface area contributed by atoms with Crippen molar-refractivity contribution in [3.63, 3.8) is 0 Å². The molecule has 0 amide bonds. The molecule has 7 rings (SSSR count). The predicted molar refractivity (Wildman–Crippen MR) is 173 cm³/mol. The number of aromatic nitrogens is 2. The Balaban J connectivity index is 1.65. The van der Waals surface area contributed by atoms with Crippen molar-refractivity contribution in [1.29, 1.82) is 0 Å². The maximum Gasteiger partial charge on any atom is 0.158 e. The van der Waals surface area contributed by atoms with E-state index in [2.05, 4.69) is 108 Å². The molecule has 3 aromatic carbocycles. The number of hydrogen-bond donors (Lipinski definition) is 1. The van der Waals surface area contributed by atoms with Gasteiger partial charge in [0.2, 0.25) is 0 Å². The van der Waals surface area contributed by atoms with Crippen molar-refractivity contribution in [2.45, 2.75) is 51.4 Å². The summed E-state index contributed by atoms with van der Waals surface area (Å²) in [6.07, 6.45) is 12.1. The summed E-state index contributed by atoms with van der Waals surface area (Å²) in [5.41, 5.74) is 9.31. The normalized spacial score (nSPS) is 20.2. The number of benzene rings is 3. The van der Waals surface area contributed by atoms with Crippen molar-refractivity contribution >= 4 is 49.7 Å². The zero-order valence-corrected chi connectivity index (χ0v) is 24.8. The van der Waals surface area contributed by atoms with Gasteiger partial charge in [0.25, 0.3) is 0 Å². The highest BCUT2D eigenvalue weighted by Gasteiger charge is 2.45. The third-order valence-electron chi connectivity index (χ3n) is 9.86. The predicted octanol–water partition coefficient (Wildman–Crippen LogP) is 7.88. The zero-order chi connectivity index (χ0) is 28.3. The third-order valence-corrected chi connectivity index (χ3v) is 9.86. The number of likely N-dealkylation sites (N-methyl/N-ethyl adjacent to an activating group) is 1. The lowest BCUT2D eigenvalue weighted by molar-refractivity contribution is -1.10. The molecule has 2 aliphatic rings. The molecule has 5 aromatic rings. The number of hydrogen-bond acceptors (Lipinski definition) is 2. The number of nitrogens with one attached hydrogen (secondary N) is 1. The number of fused-ring (bicyclic) bond motifs is 6. The first-order valence-corrected chi connectivity index (χ1v) is 15.1. The van der Waals surface area contributed by atoms with Crippen LogP contribution >= 0.6 is 0 Å². The molecule has 1 N–H and O–H groups in total. The van der Waals surface area contributed by atoms with E-state index in [4.69, 9.17) is 4.84 Å². The van der Waals surface area contributed by atoms with Gasteiger partial charge in [-0.1, -0.05) is 74.2 Å². The molecule has 0 saturated carbocycles. The van der Waals surface area contributed by atoms with Crippen LogP contribution in [0.2, 0.25) is 0 Å². The average molecular weight is 546 g/mol. The topological polar surface area (TPSA) is 31.1 Å². The van der Waals surface area contributed by atoms with E-state index < -0.39 is 0 Å². The van der Waals surface area contributed by atoms with Crippen LogP contribution in [0.4, 0.5) is 0 Å². The van der Waals surface area contributed by atoms with Crippen LogP contribution < -0.4 is 5.32 Å². The van der Waals surface area contributed by atoms with Gasteiger partial charge >= 0.3 is 0 Å². The van der Waals surface area contributed by atoms with Crippen LogP contribution in [0.25, 0.3) is 49.7 Å².